The molecule has 3 rings (SSSR count). The molecular formula is C25H34N2O7S. The number of sulfonamides is 1. The number of carbonyl (C=O) groups excluding carboxylic acids is 1. The predicted molar refractivity (Wildman–Crippen MR) is 131 cm³/mol. The van der Waals surface area contributed by atoms with E-state index in [0.717, 1.165) is 5.56 Å². The van der Waals surface area contributed by atoms with Gasteiger partial charge in [-0.15, -0.1) is 0 Å². The number of likely N-dealkylation sites (tertiary alicyclic amines) is 1. The molecule has 1 heterocycles. The number of nitrogens with zero attached hydrogens (tertiary/aromatic N) is 2. The summed E-state index contributed by atoms with van der Waals surface area (Å²) in [6.07, 6.45) is 1.56. The predicted octanol–water partition coefficient (Wildman–Crippen LogP) is 1.94. The van der Waals surface area contributed by atoms with Gasteiger partial charge in [0.25, 0.3) is 0 Å². The second kappa shape index (κ2) is 11.9. The summed E-state index contributed by atoms with van der Waals surface area (Å²) in [5.41, 5.74) is 0.255. The van der Waals surface area contributed by atoms with Gasteiger partial charge in [0.1, 0.15) is 6.61 Å². The standard InChI is InChI=1S/C25H34N2O7S/c1-26(35(30,31)21-9-10-22(32-2)23(17-21)33-3)15-16-34-19-24(28)27-13-11-25(29,12-14-27)18-20-7-5-4-6-8-20/h4-10,17,29H,11-16,18-19H2,1-3H3. The highest BCUT2D eigenvalue weighted by Crippen LogP contribution is 2.30. The van der Waals surface area contributed by atoms with Crippen LogP contribution in [0.5, 0.6) is 11.5 Å². The fourth-order valence-electron chi connectivity index (χ4n) is 4.05. The zero-order valence-corrected chi connectivity index (χ0v) is 21.3. The van der Waals surface area contributed by atoms with Crippen LogP contribution >= 0.6 is 0 Å². The summed E-state index contributed by atoms with van der Waals surface area (Å²) in [6, 6.07) is 14.2. The topological polar surface area (TPSA) is 106 Å². The molecule has 9 nitrogen and oxygen atoms in total. The van der Waals surface area contributed by atoms with Crippen molar-refractivity contribution in [3.05, 3.63) is 54.1 Å². The lowest BCUT2D eigenvalue weighted by atomic mass is 9.85. The van der Waals surface area contributed by atoms with Gasteiger partial charge in [-0.05, 0) is 30.5 Å². The highest BCUT2D eigenvalue weighted by molar-refractivity contribution is 7.89. The molecule has 0 aromatic heterocycles. The number of amides is 1. The fraction of sp³-hybridized carbons (Fsp3) is 0.480. The number of likely N-dealkylation sites (N-methyl/N-ethyl adjacent to an activating group) is 1. The first-order chi connectivity index (χ1) is 16.7. The van der Waals surface area contributed by atoms with Gasteiger partial charge in [0, 0.05) is 39.2 Å². The summed E-state index contributed by atoms with van der Waals surface area (Å²) < 4.78 is 42.7. The number of aliphatic hydroxyl groups is 1. The highest BCUT2D eigenvalue weighted by Gasteiger charge is 2.34. The van der Waals surface area contributed by atoms with Gasteiger partial charge in [0.2, 0.25) is 15.9 Å². The summed E-state index contributed by atoms with van der Waals surface area (Å²) >= 11 is 0. The Morgan fingerprint density at radius 2 is 1.71 bits per heavy atom. The van der Waals surface area contributed by atoms with Gasteiger partial charge in [0.05, 0.1) is 31.3 Å². The first-order valence-electron chi connectivity index (χ1n) is 11.5. The normalized spacial score (nSPS) is 15.7. The van der Waals surface area contributed by atoms with Crippen molar-refractivity contribution in [3.63, 3.8) is 0 Å². The van der Waals surface area contributed by atoms with Crippen LogP contribution in [0.1, 0.15) is 18.4 Å². The van der Waals surface area contributed by atoms with Gasteiger partial charge in [-0.3, -0.25) is 4.79 Å². The number of carbonyl (C=O) groups is 1. The summed E-state index contributed by atoms with van der Waals surface area (Å²) in [5.74, 6) is 0.588. The van der Waals surface area contributed by atoms with E-state index >= 15 is 0 Å². The molecule has 0 bridgehead atoms. The minimum absolute atomic E-state index is 0.0700. The molecule has 0 radical (unpaired) electrons. The van der Waals surface area contributed by atoms with Crippen LogP contribution in [0.3, 0.4) is 0 Å². The molecule has 1 saturated heterocycles. The van der Waals surface area contributed by atoms with Crippen molar-refractivity contribution in [2.75, 3.05) is 54.1 Å². The molecule has 0 unspecified atom stereocenters. The van der Waals surface area contributed by atoms with Crippen LogP contribution in [0, 0.1) is 0 Å². The minimum Gasteiger partial charge on any atom is -0.493 e. The summed E-state index contributed by atoms with van der Waals surface area (Å²) in [4.78, 5) is 14.3. The van der Waals surface area contributed by atoms with Gasteiger partial charge in [-0.25, -0.2) is 8.42 Å². The maximum absolute atomic E-state index is 12.8. The van der Waals surface area contributed by atoms with Crippen molar-refractivity contribution in [1.29, 1.82) is 0 Å². The van der Waals surface area contributed by atoms with Crippen molar-refractivity contribution in [2.45, 2.75) is 29.8 Å². The molecule has 10 heteroatoms. The van der Waals surface area contributed by atoms with Crippen molar-refractivity contribution >= 4 is 15.9 Å². The van der Waals surface area contributed by atoms with Crippen LogP contribution in [0.15, 0.2) is 53.4 Å². The summed E-state index contributed by atoms with van der Waals surface area (Å²) in [6.45, 7) is 0.931. The zero-order valence-electron chi connectivity index (χ0n) is 20.5. The molecule has 1 aliphatic heterocycles. The molecule has 0 spiro atoms. The zero-order chi connectivity index (χ0) is 25.5. The molecule has 1 fully saturated rings. The molecular weight excluding hydrogens is 472 g/mol. The van der Waals surface area contributed by atoms with E-state index in [1.165, 1.54) is 43.8 Å². The lowest BCUT2D eigenvalue weighted by Gasteiger charge is -2.38. The van der Waals surface area contributed by atoms with E-state index in [1.807, 2.05) is 30.3 Å². The van der Waals surface area contributed by atoms with Crippen molar-refractivity contribution < 1.29 is 32.5 Å². The Morgan fingerprint density at radius 1 is 1.06 bits per heavy atom. The van der Waals surface area contributed by atoms with E-state index in [2.05, 4.69) is 0 Å². The summed E-state index contributed by atoms with van der Waals surface area (Å²) in [5, 5.41) is 10.9. The minimum atomic E-state index is -3.76. The number of ether oxygens (including phenoxy) is 3. The Bertz CT molecular complexity index is 1080. The smallest absolute Gasteiger partial charge is 0.248 e. The van der Waals surface area contributed by atoms with Crippen LogP contribution in [-0.4, -0.2) is 88.4 Å². The third-order valence-corrected chi connectivity index (χ3v) is 8.11. The van der Waals surface area contributed by atoms with E-state index in [9.17, 15) is 18.3 Å². The number of piperidine rings is 1. The Labute approximate surface area is 207 Å². The van der Waals surface area contributed by atoms with Crippen molar-refractivity contribution in [3.8, 4) is 11.5 Å². The molecule has 0 aliphatic carbocycles. The number of hydrogen-bond donors (Lipinski definition) is 1. The molecule has 192 valence electrons. The second-order valence-corrected chi connectivity index (χ2v) is 10.7. The Balaban J connectivity index is 1.43. The third-order valence-electron chi connectivity index (χ3n) is 6.26. The summed E-state index contributed by atoms with van der Waals surface area (Å²) in [7, 11) is 0.609. The van der Waals surface area contributed by atoms with E-state index in [1.54, 1.807) is 4.90 Å². The Morgan fingerprint density at radius 3 is 2.34 bits per heavy atom. The van der Waals surface area contributed by atoms with Crippen LogP contribution < -0.4 is 9.47 Å². The molecule has 1 amide bonds. The van der Waals surface area contributed by atoms with E-state index < -0.39 is 15.6 Å². The van der Waals surface area contributed by atoms with Crippen LogP contribution in [0.25, 0.3) is 0 Å². The average molecular weight is 507 g/mol. The van der Waals surface area contributed by atoms with E-state index in [-0.39, 0.29) is 30.6 Å². The lowest BCUT2D eigenvalue weighted by Crippen LogP contribution is -2.48. The van der Waals surface area contributed by atoms with Gasteiger partial charge in [-0.1, -0.05) is 30.3 Å². The second-order valence-electron chi connectivity index (χ2n) is 8.66. The SMILES string of the molecule is COc1ccc(S(=O)(=O)N(C)CCOCC(=O)N2CCC(O)(Cc3ccccc3)CC2)cc1OC. The lowest BCUT2D eigenvalue weighted by molar-refractivity contribution is -0.140. The number of benzene rings is 2. The molecule has 35 heavy (non-hydrogen) atoms. The third kappa shape index (κ3) is 6.94. The quantitative estimate of drug-likeness (QED) is 0.464. The monoisotopic (exact) mass is 506 g/mol. The van der Waals surface area contributed by atoms with Crippen LogP contribution in [0.2, 0.25) is 0 Å². The fourth-order valence-corrected chi connectivity index (χ4v) is 5.22. The van der Waals surface area contributed by atoms with Crippen LogP contribution in [0.4, 0.5) is 0 Å². The van der Waals surface area contributed by atoms with Gasteiger partial charge < -0.3 is 24.2 Å². The van der Waals surface area contributed by atoms with Gasteiger partial charge in [-0.2, -0.15) is 4.31 Å². The highest BCUT2D eigenvalue weighted by atomic mass is 32.2. The van der Waals surface area contributed by atoms with Crippen LogP contribution in [-0.2, 0) is 26.0 Å². The number of methoxy groups -OCH3 is 2. The molecule has 1 N–H and O–H groups in total. The molecule has 0 atom stereocenters. The van der Waals surface area contributed by atoms with Gasteiger partial charge >= 0.3 is 0 Å². The Kier molecular flexibility index (Phi) is 9.12. The van der Waals surface area contributed by atoms with Gasteiger partial charge in [0.15, 0.2) is 11.5 Å². The molecule has 0 saturated carbocycles. The largest absolute Gasteiger partial charge is 0.493 e. The Hall–Kier alpha value is -2.66. The van der Waals surface area contributed by atoms with E-state index in [4.69, 9.17) is 14.2 Å². The van der Waals surface area contributed by atoms with E-state index in [0.29, 0.717) is 43.9 Å². The molecule has 1 aliphatic rings. The molecule has 2 aromatic rings. The number of hydrogen-bond acceptors (Lipinski definition) is 7. The maximum atomic E-state index is 12.8. The van der Waals surface area contributed by atoms with Crippen molar-refractivity contribution in [2.24, 2.45) is 0 Å². The maximum Gasteiger partial charge on any atom is 0.248 e. The average Bonchev–Trinajstić information content (AvgIpc) is 2.86. The number of rotatable bonds is 11. The first-order valence-corrected chi connectivity index (χ1v) is 12.9. The first kappa shape index (κ1) is 26.9. The van der Waals surface area contributed by atoms with Crippen molar-refractivity contribution in [1.82, 2.24) is 9.21 Å². The molecule has 2 aromatic carbocycles.